The Labute approximate surface area is 220 Å². The second-order valence-electron chi connectivity index (χ2n) is 10.6. The van der Waals surface area contributed by atoms with E-state index < -0.39 is 40.0 Å². The standard InChI is InChI=1S/C27H31F3N4O3S/c1-16(31-17(2)35)18-6-12-22-23(14-18)34(15-19-7-13-24(27(28,29)30)33-25(19)32-22)38(36,37)21-10-8-20(9-11-21)26(3,4)5/h6-14,16,19,25,32H,15H2,1-5H3,(H,31,35)/t16-,19?,25?/m1/s1. The zero-order valence-corrected chi connectivity index (χ0v) is 22.6. The van der Waals surface area contributed by atoms with Crippen molar-refractivity contribution in [3.05, 3.63) is 65.7 Å². The topological polar surface area (TPSA) is 90.9 Å². The van der Waals surface area contributed by atoms with Gasteiger partial charge in [0.25, 0.3) is 10.0 Å². The molecule has 204 valence electrons. The fraction of sp³-hybridized carbons (Fsp3) is 0.407. The van der Waals surface area contributed by atoms with Crippen LogP contribution in [0.25, 0.3) is 0 Å². The van der Waals surface area contributed by atoms with E-state index in [0.29, 0.717) is 11.3 Å². The Hall–Kier alpha value is -3.34. The third kappa shape index (κ3) is 5.57. The Morgan fingerprint density at radius 3 is 2.37 bits per heavy atom. The number of alkyl halides is 3. The molecule has 1 amide bonds. The van der Waals surface area contributed by atoms with E-state index in [1.807, 2.05) is 20.8 Å². The highest BCUT2D eigenvalue weighted by Gasteiger charge is 2.41. The quantitative estimate of drug-likeness (QED) is 0.541. The van der Waals surface area contributed by atoms with E-state index in [2.05, 4.69) is 15.6 Å². The zero-order valence-electron chi connectivity index (χ0n) is 21.8. The van der Waals surface area contributed by atoms with Gasteiger partial charge in [-0.15, -0.1) is 0 Å². The van der Waals surface area contributed by atoms with Gasteiger partial charge in [0.1, 0.15) is 11.9 Å². The summed E-state index contributed by atoms with van der Waals surface area (Å²) in [6.07, 6.45) is -3.40. The monoisotopic (exact) mass is 548 g/mol. The second-order valence-corrected chi connectivity index (χ2v) is 12.5. The molecule has 0 aliphatic carbocycles. The number of carbonyl (C=O) groups is 1. The normalized spacial score (nSPS) is 20.4. The van der Waals surface area contributed by atoms with Crippen LogP contribution in [0.5, 0.6) is 0 Å². The number of benzene rings is 2. The predicted molar refractivity (Wildman–Crippen MR) is 142 cm³/mol. The van der Waals surface area contributed by atoms with Crippen molar-refractivity contribution < 1.29 is 26.4 Å². The molecule has 2 aliphatic rings. The van der Waals surface area contributed by atoms with Gasteiger partial charge in [-0.3, -0.25) is 14.1 Å². The van der Waals surface area contributed by atoms with Crippen LogP contribution in [-0.2, 0) is 20.2 Å². The van der Waals surface area contributed by atoms with Crippen molar-refractivity contribution in [2.75, 3.05) is 16.2 Å². The van der Waals surface area contributed by atoms with E-state index in [1.165, 1.54) is 17.3 Å². The first-order valence-electron chi connectivity index (χ1n) is 12.2. The smallest absolute Gasteiger partial charge is 0.362 e. The van der Waals surface area contributed by atoms with Crippen molar-refractivity contribution in [1.29, 1.82) is 0 Å². The lowest BCUT2D eigenvalue weighted by molar-refractivity contribution is -0.119. The number of fused-ring (bicyclic) bond motifs is 2. The first-order chi connectivity index (χ1) is 17.6. The van der Waals surface area contributed by atoms with Crippen molar-refractivity contribution in [2.24, 2.45) is 10.9 Å². The van der Waals surface area contributed by atoms with Crippen LogP contribution in [0.3, 0.4) is 0 Å². The molecular weight excluding hydrogens is 517 g/mol. The number of carbonyl (C=O) groups excluding carboxylic acids is 1. The van der Waals surface area contributed by atoms with E-state index in [9.17, 15) is 26.4 Å². The average molecular weight is 549 g/mol. The van der Waals surface area contributed by atoms with E-state index in [-0.39, 0.29) is 28.4 Å². The van der Waals surface area contributed by atoms with Crippen LogP contribution < -0.4 is 14.9 Å². The number of nitrogens with one attached hydrogen (secondary N) is 2. The summed E-state index contributed by atoms with van der Waals surface area (Å²) in [7, 11) is -4.12. The molecule has 0 radical (unpaired) electrons. The summed E-state index contributed by atoms with van der Waals surface area (Å²) in [6, 6.07) is 11.1. The van der Waals surface area contributed by atoms with Crippen molar-refractivity contribution in [1.82, 2.24) is 5.32 Å². The number of hydrogen-bond donors (Lipinski definition) is 2. The van der Waals surface area contributed by atoms with E-state index >= 15 is 0 Å². The Morgan fingerprint density at radius 2 is 1.79 bits per heavy atom. The molecule has 0 spiro atoms. The molecule has 2 aromatic carbocycles. The molecule has 2 N–H and O–H groups in total. The molecule has 0 saturated carbocycles. The third-order valence-corrected chi connectivity index (χ3v) is 8.47. The summed E-state index contributed by atoms with van der Waals surface area (Å²) in [5.41, 5.74) is 0.995. The Bertz CT molecular complexity index is 1390. The lowest BCUT2D eigenvalue weighted by atomic mass is 9.87. The lowest BCUT2D eigenvalue weighted by Crippen LogP contribution is -2.40. The number of allylic oxidation sites excluding steroid dienone is 1. The number of sulfonamides is 1. The largest absolute Gasteiger partial charge is 0.432 e. The third-order valence-electron chi connectivity index (χ3n) is 6.67. The van der Waals surface area contributed by atoms with E-state index in [1.54, 1.807) is 49.4 Å². The van der Waals surface area contributed by atoms with Gasteiger partial charge in [0.15, 0.2) is 0 Å². The van der Waals surface area contributed by atoms with Gasteiger partial charge in [-0.2, -0.15) is 13.2 Å². The van der Waals surface area contributed by atoms with Crippen molar-refractivity contribution in [3.63, 3.8) is 0 Å². The molecule has 0 aromatic heterocycles. The molecule has 2 aromatic rings. The van der Waals surface area contributed by atoms with Crippen molar-refractivity contribution >= 4 is 33.0 Å². The molecular formula is C27H31F3N4O3S. The molecule has 2 heterocycles. The molecule has 38 heavy (non-hydrogen) atoms. The molecule has 2 aliphatic heterocycles. The maximum Gasteiger partial charge on any atom is 0.432 e. The van der Waals surface area contributed by atoms with Gasteiger partial charge in [0.2, 0.25) is 5.91 Å². The summed E-state index contributed by atoms with van der Waals surface area (Å²) in [6.45, 7) is 9.09. The predicted octanol–water partition coefficient (Wildman–Crippen LogP) is 5.32. The summed E-state index contributed by atoms with van der Waals surface area (Å²) < 4.78 is 69.4. The number of amides is 1. The second kappa shape index (κ2) is 9.76. The van der Waals surface area contributed by atoms with E-state index in [0.717, 1.165) is 11.6 Å². The van der Waals surface area contributed by atoms with Crippen LogP contribution in [0.2, 0.25) is 0 Å². The highest BCUT2D eigenvalue weighted by atomic mass is 32.2. The molecule has 2 unspecified atom stereocenters. The molecule has 11 heteroatoms. The number of rotatable bonds is 4. The summed E-state index contributed by atoms with van der Waals surface area (Å²) >= 11 is 0. The van der Waals surface area contributed by atoms with Crippen LogP contribution in [0.1, 0.15) is 51.8 Å². The van der Waals surface area contributed by atoms with Gasteiger partial charge in [0, 0.05) is 19.4 Å². The number of halogens is 3. The summed E-state index contributed by atoms with van der Waals surface area (Å²) in [4.78, 5) is 15.6. The summed E-state index contributed by atoms with van der Waals surface area (Å²) in [5, 5.41) is 5.79. The maximum atomic E-state index is 14.0. The minimum Gasteiger partial charge on any atom is -0.362 e. The molecule has 0 bridgehead atoms. The van der Waals surface area contributed by atoms with Gasteiger partial charge < -0.3 is 10.6 Å². The van der Waals surface area contributed by atoms with Crippen LogP contribution in [0.4, 0.5) is 24.5 Å². The van der Waals surface area contributed by atoms with Crippen LogP contribution in [-0.4, -0.2) is 38.9 Å². The highest BCUT2D eigenvalue weighted by molar-refractivity contribution is 7.92. The first-order valence-corrected chi connectivity index (χ1v) is 13.7. The first kappa shape index (κ1) is 27.7. The maximum absolute atomic E-state index is 14.0. The zero-order chi connectivity index (χ0) is 28.0. The average Bonchev–Trinajstić information content (AvgIpc) is 2.98. The number of anilines is 2. The Balaban J connectivity index is 1.82. The van der Waals surface area contributed by atoms with Gasteiger partial charge in [-0.1, -0.05) is 45.0 Å². The van der Waals surface area contributed by atoms with Crippen LogP contribution in [0, 0.1) is 5.92 Å². The lowest BCUT2D eigenvalue weighted by Gasteiger charge is -2.29. The Kier molecular flexibility index (Phi) is 7.11. The van der Waals surface area contributed by atoms with Crippen molar-refractivity contribution in [2.45, 2.75) is 63.3 Å². The van der Waals surface area contributed by atoms with Gasteiger partial charge in [-0.25, -0.2) is 8.42 Å². The van der Waals surface area contributed by atoms with Crippen LogP contribution in [0.15, 0.2) is 64.5 Å². The number of dihydropyridines is 1. The highest BCUT2D eigenvalue weighted by Crippen LogP contribution is 2.39. The fourth-order valence-corrected chi connectivity index (χ4v) is 6.05. The molecule has 0 saturated heterocycles. The fourth-order valence-electron chi connectivity index (χ4n) is 4.54. The van der Waals surface area contributed by atoms with Gasteiger partial charge in [0.05, 0.1) is 22.3 Å². The van der Waals surface area contributed by atoms with E-state index in [4.69, 9.17) is 0 Å². The number of nitrogens with zero attached hydrogens (tertiary/aromatic N) is 2. The molecule has 7 nitrogen and oxygen atoms in total. The van der Waals surface area contributed by atoms with Gasteiger partial charge >= 0.3 is 6.18 Å². The molecule has 3 atom stereocenters. The minimum atomic E-state index is -4.63. The van der Waals surface area contributed by atoms with Crippen molar-refractivity contribution in [3.8, 4) is 0 Å². The van der Waals surface area contributed by atoms with Crippen LogP contribution >= 0.6 is 0 Å². The number of aliphatic imine (C=N–C) groups is 1. The SMILES string of the molecule is CC(=O)N[C@H](C)c1ccc2c(c1)N(S(=O)(=O)c1ccc(C(C)(C)C)cc1)CC1C=CC(C(F)(F)F)=NC1N2. The van der Waals surface area contributed by atoms with Gasteiger partial charge in [-0.05, 0) is 53.8 Å². The minimum absolute atomic E-state index is 0.0643. The number of hydrogen-bond acceptors (Lipinski definition) is 5. The Morgan fingerprint density at radius 1 is 1.13 bits per heavy atom. The summed E-state index contributed by atoms with van der Waals surface area (Å²) in [5.74, 6) is -0.910. The molecule has 0 fully saturated rings. The molecule has 4 rings (SSSR count).